The van der Waals surface area contributed by atoms with Crippen LogP contribution in [0, 0.1) is 0 Å². The molecule has 0 spiro atoms. The highest BCUT2D eigenvalue weighted by molar-refractivity contribution is 5.98. The quantitative estimate of drug-likeness (QED) is 0.607. The molecule has 0 heterocycles. The van der Waals surface area contributed by atoms with E-state index in [-0.39, 0.29) is 6.42 Å². The molecule has 1 atom stereocenters. The van der Waals surface area contributed by atoms with Gasteiger partial charge in [-0.2, -0.15) is 0 Å². The fraction of sp³-hybridized carbons (Fsp3) is 0.333. The molecule has 16 heavy (non-hydrogen) atoms. The average Bonchev–Trinajstić information content (AvgIpc) is 2.32. The van der Waals surface area contributed by atoms with Crippen LogP contribution >= 0.6 is 0 Å². The minimum Gasteiger partial charge on any atom is -0.497 e. The molecule has 0 aliphatic rings. The second-order valence-electron chi connectivity index (χ2n) is 3.48. The molecule has 0 amide bonds. The van der Waals surface area contributed by atoms with Gasteiger partial charge in [-0.3, -0.25) is 4.79 Å². The van der Waals surface area contributed by atoms with Crippen LogP contribution in [0.3, 0.4) is 0 Å². The summed E-state index contributed by atoms with van der Waals surface area (Å²) in [6, 6.07) is 6.49. The minimum absolute atomic E-state index is 0.220. The number of carbonyl (C=O) groups excluding carboxylic acids is 1. The highest BCUT2D eigenvalue weighted by atomic mass is 16.5. The summed E-state index contributed by atoms with van der Waals surface area (Å²) in [4.78, 5) is 22.2. The van der Waals surface area contributed by atoms with Crippen LogP contribution in [0.4, 0.5) is 0 Å². The molecule has 0 saturated carbocycles. The zero-order chi connectivity index (χ0) is 12.2. The van der Waals surface area contributed by atoms with Crippen molar-refractivity contribution in [2.45, 2.75) is 18.8 Å². The highest BCUT2D eigenvalue weighted by Gasteiger charge is 2.38. The lowest BCUT2D eigenvalue weighted by Gasteiger charge is -2.21. The zero-order valence-corrected chi connectivity index (χ0v) is 9.27. The van der Waals surface area contributed by atoms with Crippen molar-refractivity contribution in [3.05, 3.63) is 29.8 Å². The van der Waals surface area contributed by atoms with Crippen LogP contribution in [0.2, 0.25) is 0 Å². The molecule has 0 radical (unpaired) electrons. The summed E-state index contributed by atoms with van der Waals surface area (Å²) in [5.41, 5.74) is -0.981. The summed E-state index contributed by atoms with van der Waals surface area (Å²) in [7, 11) is 1.53. The van der Waals surface area contributed by atoms with Gasteiger partial charge in [0.05, 0.1) is 7.11 Å². The molecule has 1 unspecified atom stereocenters. The molecule has 1 aromatic carbocycles. The Labute approximate surface area is 93.9 Å². The Morgan fingerprint density at radius 2 is 2.00 bits per heavy atom. The largest absolute Gasteiger partial charge is 0.497 e. The minimum atomic E-state index is -1.45. The van der Waals surface area contributed by atoms with Gasteiger partial charge in [0, 0.05) is 0 Å². The molecule has 1 aromatic rings. The predicted octanol–water partition coefficient (Wildman–Crippen LogP) is 1.63. The van der Waals surface area contributed by atoms with Gasteiger partial charge in [-0.05, 0) is 24.1 Å². The van der Waals surface area contributed by atoms with Gasteiger partial charge in [0.25, 0.3) is 0 Å². The molecule has 0 aliphatic heterocycles. The average molecular weight is 222 g/mol. The molecule has 4 nitrogen and oxygen atoms in total. The molecular formula is C12H14O4. The Balaban J connectivity index is 3.21. The highest BCUT2D eigenvalue weighted by Crippen LogP contribution is 2.27. The number of hydrogen-bond donors (Lipinski definition) is 1. The summed E-state index contributed by atoms with van der Waals surface area (Å²) >= 11 is 0. The predicted molar refractivity (Wildman–Crippen MR) is 58.7 cm³/mol. The van der Waals surface area contributed by atoms with E-state index in [4.69, 9.17) is 9.84 Å². The third-order valence-electron chi connectivity index (χ3n) is 2.75. The molecular weight excluding hydrogens is 208 g/mol. The van der Waals surface area contributed by atoms with E-state index in [2.05, 4.69) is 0 Å². The standard InChI is InChI=1S/C12H14O4/c1-3-12(8-13,11(14)15)9-4-6-10(16-2)7-5-9/h4-8H,3H2,1-2H3,(H,14,15). The fourth-order valence-corrected chi connectivity index (χ4v) is 1.57. The third-order valence-corrected chi connectivity index (χ3v) is 2.75. The molecule has 0 fully saturated rings. The first-order valence-electron chi connectivity index (χ1n) is 4.95. The van der Waals surface area contributed by atoms with E-state index in [1.807, 2.05) is 0 Å². The van der Waals surface area contributed by atoms with E-state index in [9.17, 15) is 9.59 Å². The number of aldehydes is 1. The van der Waals surface area contributed by atoms with Gasteiger partial charge in [-0.25, -0.2) is 0 Å². The maximum atomic E-state index is 11.2. The summed E-state index contributed by atoms with van der Waals surface area (Å²) < 4.78 is 4.97. The molecule has 4 heteroatoms. The number of benzene rings is 1. The summed E-state index contributed by atoms with van der Waals surface area (Å²) in [5, 5.41) is 9.14. The SMILES string of the molecule is CCC(C=O)(C(=O)O)c1ccc(OC)cc1. The Morgan fingerprint density at radius 3 is 2.31 bits per heavy atom. The van der Waals surface area contributed by atoms with E-state index in [1.54, 1.807) is 31.2 Å². The van der Waals surface area contributed by atoms with Crippen LogP contribution in [-0.4, -0.2) is 24.5 Å². The number of carbonyl (C=O) groups is 2. The van der Waals surface area contributed by atoms with Crippen LogP contribution in [0.15, 0.2) is 24.3 Å². The lowest BCUT2D eigenvalue weighted by Crippen LogP contribution is -2.36. The van der Waals surface area contributed by atoms with Crippen molar-refractivity contribution in [2.24, 2.45) is 0 Å². The first-order valence-corrected chi connectivity index (χ1v) is 4.95. The first-order chi connectivity index (χ1) is 7.60. The Hall–Kier alpha value is -1.84. The van der Waals surface area contributed by atoms with E-state index in [0.717, 1.165) is 0 Å². The van der Waals surface area contributed by atoms with Crippen molar-refractivity contribution in [2.75, 3.05) is 7.11 Å². The summed E-state index contributed by atoms with van der Waals surface area (Å²) in [6.07, 6.45) is 0.704. The monoisotopic (exact) mass is 222 g/mol. The van der Waals surface area contributed by atoms with Gasteiger partial charge in [0.15, 0.2) is 0 Å². The van der Waals surface area contributed by atoms with Crippen molar-refractivity contribution in [1.82, 2.24) is 0 Å². The van der Waals surface area contributed by atoms with Crippen molar-refractivity contribution in [3.8, 4) is 5.75 Å². The van der Waals surface area contributed by atoms with Gasteiger partial charge in [-0.1, -0.05) is 19.1 Å². The number of ether oxygens (including phenoxy) is 1. The second kappa shape index (κ2) is 4.79. The van der Waals surface area contributed by atoms with Crippen molar-refractivity contribution in [3.63, 3.8) is 0 Å². The van der Waals surface area contributed by atoms with Crippen molar-refractivity contribution in [1.29, 1.82) is 0 Å². The normalized spacial score (nSPS) is 13.9. The van der Waals surface area contributed by atoms with E-state index < -0.39 is 11.4 Å². The smallest absolute Gasteiger partial charge is 0.321 e. The number of aliphatic carboxylic acids is 1. The van der Waals surface area contributed by atoms with Crippen LogP contribution < -0.4 is 4.74 Å². The van der Waals surface area contributed by atoms with Gasteiger partial charge in [-0.15, -0.1) is 0 Å². The topological polar surface area (TPSA) is 63.6 Å². The molecule has 0 aromatic heterocycles. The molecule has 0 bridgehead atoms. The van der Waals surface area contributed by atoms with Gasteiger partial charge >= 0.3 is 5.97 Å². The van der Waals surface area contributed by atoms with Gasteiger partial charge in [0.1, 0.15) is 17.5 Å². The number of carboxylic acid groups (broad SMARTS) is 1. The number of carboxylic acids is 1. The first kappa shape index (κ1) is 12.2. The maximum absolute atomic E-state index is 11.2. The van der Waals surface area contributed by atoms with Crippen molar-refractivity contribution < 1.29 is 19.4 Å². The summed E-state index contributed by atoms with van der Waals surface area (Å²) in [5.74, 6) is -0.500. The maximum Gasteiger partial charge on any atom is 0.321 e. The molecule has 0 aliphatic carbocycles. The molecule has 0 saturated heterocycles. The van der Waals surface area contributed by atoms with Crippen LogP contribution in [0.5, 0.6) is 5.75 Å². The molecule has 86 valence electrons. The fourth-order valence-electron chi connectivity index (χ4n) is 1.57. The van der Waals surface area contributed by atoms with Gasteiger partial charge in [0.2, 0.25) is 0 Å². The Kier molecular flexibility index (Phi) is 3.66. The van der Waals surface area contributed by atoms with Crippen LogP contribution in [-0.2, 0) is 15.0 Å². The molecule has 1 N–H and O–H groups in total. The number of methoxy groups -OCH3 is 1. The number of rotatable bonds is 5. The third kappa shape index (κ3) is 1.91. The van der Waals surface area contributed by atoms with E-state index >= 15 is 0 Å². The van der Waals surface area contributed by atoms with E-state index in [0.29, 0.717) is 17.6 Å². The van der Waals surface area contributed by atoms with E-state index in [1.165, 1.54) is 7.11 Å². The molecule has 1 rings (SSSR count). The van der Waals surface area contributed by atoms with Gasteiger partial charge < -0.3 is 14.6 Å². The van der Waals surface area contributed by atoms with Crippen LogP contribution in [0.1, 0.15) is 18.9 Å². The lowest BCUT2D eigenvalue weighted by molar-refractivity contribution is -0.146. The number of hydrogen-bond acceptors (Lipinski definition) is 3. The Bertz CT molecular complexity index is 383. The van der Waals surface area contributed by atoms with Crippen molar-refractivity contribution >= 4 is 12.3 Å². The van der Waals surface area contributed by atoms with Crippen LogP contribution in [0.25, 0.3) is 0 Å². The second-order valence-corrected chi connectivity index (χ2v) is 3.48. The summed E-state index contributed by atoms with van der Waals surface area (Å²) in [6.45, 7) is 1.67. The zero-order valence-electron chi connectivity index (χ0n) is 9.27. The Morgan fingerprint density at radius 1 is 1.44 bits per heavy atom. The lowest BCUT2D eigenvalue weighted by atomic mass is 9.79.